The highest BCUT2D eigenvalue weighted by Crippen LogP contribution is 2.19. The third-order valence-corrected chi connectivity index (χ3v) is 3.03. The molecule has 5 heteroatoms. The van der Waals surface area contributed by atoms with Crippen LogP contribution in [-0.4, -0.2) is 36.9 Å². The van der Waals surface area contributed by atoms with Gasteiger partial charge < -0.3 is 9.47 Å². The van der Waals surface area contributed by atoms with Crippen LogP contribution >= 0.6 is 0 Å². The van der Waals surface area contributed by atoms with Crippen LogP contribution in [0.3, 0.4) is 0 Å². The summed E-state index contributed by atoms with van der Waals surface area (Å²) in [6.07, 6.45) is 0.735. The molecule has 0 N–H and O–H groups in total. The molecule has 110 valence electrons. The lowest BCUT2D eigenvalue weighted by Gasteiger charge is -2.23. The Hall–Kier alpha value is -1.23. The number of hydrogen-bond donors (Lipinski definition) is 0. The van der Waals surface area contributed by atoms with Crippen LogP contribution in [0.25, 0.3) is 0 Å². The fourth-order valence-electron chi connectivity index (χ4n) is 1.54. The lowest BCUT2D eigenvalue weighted by molar-refractivity contribution is -0.155. The molecule has 0 aromatic heterocycles. The Morgan fingerprint density at radius 1 is 1.16 bits per heavy atom. The van der Waals surface area contributed by atoms with Gasteiger partial charge in [0.2, 0.25) is 0 Å². The highest BCUT2D eigenvalue weighted by Gasteiger charge is 2.35. The van der Waals surface area contributed by atoms with Gasteiger partial charge in [-0.1, -0.05) is 6.92 Å². The zero-order valence-electron chi connectivity index (χ0n) is 12.4. The molecule has 0 fully saturated rings. The highest BCUT2D eigenvalue weighted by atomic mass is 16.5. The Kier molecular flexibility index (Phi) is 7.52. The Balaban J connectivity index is 4.91. The monoisotopic (exact) mass is 272 g/mol. The minimum absolute atomic E-state index is 0.168. The van der Waals surface area contributed by atoms with Gasteiger partial charge in [0.15, 0.2) is 5.78 Å². The minimum atomic E-state index is -1.01. The summed E-state index contributed by atoms with van der Waals surface area (Å²) < 4.78 is 9.93. The first-order valence-corrected chi connectivity index (χ1v) is 6.57. The highest BCUT2D eigenvalue weighted by molar-refractivity contribution is 6.03. The molecule has 0 radical (unpaired) electrons. The minimum Gasteiger partial charge on any atom is -0.465 e. The third-order valence-electron chi connectivity index (χ3n) is 3.03. The van der Waals surface area contributed by atoms with Crippen LogP contribution in [0.4, 0.5) is 0 Å². The van der Waals surface area contributed by atoms with Crippen molar-refractivity contribution >= 4 is 17.5 Å². The lowest BCUT2D eigenvalue weighted by Crippen LogP contribution is -2.38. The van der Waals surface area contributed by atoms with Gasteiger partial charge in [-0.2, -0.15) is 0 Å². The average molecular weight is 272 g/mol. The van der Waals surface area contributed by atoms with Gasteiger partial charge >= 0.3 is 5.97 Å². The molecule has 19 heavy (non-hydrogen) atoms. The predicted molar refractivity (Wildman–Crippen MR) is 70.8 cm³/mol. The molecule has 0 aromatic carbocycles. The largest absolute Gasteiger partial charge is 0.465 e. The number of carbonyl (C=O) groups is 3. The summed E-state index contributed by atoms with van der Waals surface area (Å²) in [5.41, 5.74) is -1.00. The quantitative estimate of drug-likeness (QED) is 0.474. The average Bonchev–Trinajstić information content (AvgIpc) is 2.35. The summed E-state index contributed by atoms with van der Waals surface area (Å²) in [7, 11) is 1.42. The van der Waals surface area contributed by atoms with E-state index in [1.54, 1.807) is 20.8 Å². The summed E-state index contributed by atoms with van der Waals surface area (Å²) in [5, 5.41) is 0. The van der Waals surface area contributed by atoms with E-state index >= 15 is 0 Å². The topological polar surface area (TPSA) is 69.7 Å². The number of Topliss-reactive ketones (excluding diaryl/α,β-unsaturated/α-hetero) is 2. The van der Waals surface area contributed by atoms with E-state index in [1.807, 2.05) is 6.92 Å². The first-order chi connectivity index (χ1) is 8.80. The Bertz CT molecular complexity index is 315. The van der Waals surface area contributed by atoms with E-state index in [9.17, 15) is 14.4 Å². The van der Waals surface area contributed by atoms with Crippen molar-refractivity contribution < 1.29 is 23.9 Å². The van der Waals surface area contributed by atoms with Gasteiger partial charge in [-0.25, -0.2) is 0 Å². The van der Waals surface area contributed by atoms with Crippen molar-refractivity contribution in [3.8, 4) is 0 Å². The van der Waals surface area contributed by atoms with Gasteiger partial charge in [-0.05, 0) is 27.2 Å². The second-order valence-corrected chi connectivity index (χ2v) is 4.86. The molecule has 1 unspecified atom stereocenters. The molecule has 0 aliphatic rings. The number of methoxy groups -OCH3 is 1. The van der Waals surface area contributed by atoms with Crippen LogP contribution < -0.4 is 0 Å². The van der Waals surface area contributed by atoms with E-state index < -0.39 is 17.5 Å². The van der Waals surface area contributed by atoms with Crippen LogP contribution in [0, 0.1) is 5.92 Å². The lowest BCUT2D eigenvalue weighted by atomic mass is 9.89. The fraction of sp³-hybridized carbons (Fsp3) is 0.786. The molecule has 0 rings (SSSR count). The molecular formula is C14H24O5. The van der Waals surface area contributed by atoms with Crippen molar-refractivity contribution in [3.63, 3.8) is 0 Å². The molecule has 0 aliphatic carbocycles. The molecule has 5 nitrogen and oxygen atoms in total. The van der Waals surface area contributed by atoms with Gasteiger partial charge in [-0.3, -0.25) is 14.4 Å². The van der Waals surface area contributed by atoms with Crippen molar-refractivity contribution in [1.82, 2.24) is 0 Å². The standard InChI is InChI=1S/C14H24O5/c1-6-8-11(15)10(13(17)19-7-2)9-12(16)14(3,4)18-5/h10H,6-9H2,1-5H3. The Morgan fingerprint density at radius 2 is 1.74 bits per heavy atom. The zero-order chi connectivity index (χ0) is 15.1. The summed E-state index contributed by atoms with van der Waals surface area (Å²) in [4.78, 5) is 35.7. The van der Waals surface area contributed by atoms with Gasteiger partial charge in [0.25, 0.3) is 0 Å². The van der Waals surface area contributed by atoms with Crippen molar-refractivity contribution in [2.45, 2.75) is 52.6 Å². The first kappa shape index (κ1) is 17.8. The maximum absolute atomic E-state index is 12.0. The first-order valence-electron chi connectivity index (χ1n) is 6.57. The van der Waals surface area contributed by atoms with Crippen molar-refractivity contribution in [3.05, 3.63) is 0 Å². The maximum Gasteiger partial charge on any atom is 0.316 e. The van der Waals surface area contributed by atoms with Gasteiger partial charge in [-0.15, -0.1) is 0 Å². The molecular weight excluding hydrogens is 248 g/mol. The van der Waals surface area contributed by atoms with E-state index in [-0.39, 0.29) is 31.0 Å². The van der Waals surface area contributed by atoms with Crippen molar-refractivity contribution in [2.24, 2.45) is 5.92 Å². The zero-order valence-corrected chi connectivity index (χ0v) is 12.4. The Morgan fingerprint density at radius 3 is 2.16 bits per heavy atom. The van der Waals surface area contributed by atoms with Crippen molar-refractivity contribution in [1.29, 1.82) is 0 Å². The number of ether oxygens (including phenoxy) is 2. The predicted octanol–water partition coefficient (Wildman–Crippen LogP) is 1.92. The molecule has 0 saturated carbocycles. The fourth-order valence-corrected chi connectivity index (χ4v) is 1.54. The van der Waals surface area contributed by atoms with E-state index in [1.165, 1.54) is 7.11 Å². The van der Waals surface area contributed by atoms with E-state index in [0.29, 0.717) is 6.42 Å². The molecule has 0 aromatic rings. The normalized spacial score (nSPS) is 12.9. The van der Waals surface area contributed by atoms with Crippen LogP contribution in [0.1, 0.15) is 47.0 Å². The molecule has 0 spiro atoms. The maximum atomic E-state index is 12.0. The SMILES string of the molecule is CCCC(=O)C(CC(=O)C(C)(C)OC)C(=O)OCC. The molecule has 0 heterocycles. The molecule has 0 saturated heterocycles. The molecule has 1 atom stereocenters. The third kappa shape index (κ3) is 5.51. The molecule has 0 amide bonds. The van der Waals surface area contributed by atoms with Crippen LogP contribution in [0.2, 0.25) is 0 Å². The Labute approximate surface area is 114 Å². The number of rotatable bonds is 9. The summed E-state index contributed by atoms with van der Waals surface area (Å²) in [6.45, 7) is 6.93. The number of ketones is 2. The summed E-state index contributed by atoms with van der Waals surface area (Å²) in [6, 6.07) is 0. The number of hydrogen-bond acceptors (Lipinski definition) is 5. The van der Waals surface area contributed by atoms with E-state index in [0.717, 1.165) is 0 Å². The molecule has 0 bridgehead atoms. The van der Waals surface area contributed by atoms with Gasteiger partial charge in [0, 0.05) is 20.0 Å². The summed E-state index contributed by atoms with van der Waals surface area (Å²) in [5.74, 6) is -2.17. The van der Waals surface area contributed by atoms with Gasteiger partial charge in [0.1, 0.15) is 17.3 Å². The molecule has 0 aliphatic heterocycles. The van der Waals surface area contributed by atoms with Crippen LogP contribution in [0.5, 0.6) is 0 Å². The summed E-state index contributed by atoms with van der Waals surface area (Å²) >= 11 is 0. The van der Waals surface area contributed by atoms with E-state index in [2.05, 4.69) is 0 Å². The van der Waals surface area contributed by atoms with Gasteiger partial charge in [0.05, 0.1) is 6.61 Å². The van der Waals surface area contributed by atoms with Crippen molar-refractivity contribution in [2.75, 3.05) is 13.7 Å². The smallest absolute Gasteiger partial charge is 0.316 e. The van der Waals surface area contributed by atoms with Crippen LogP contribution in [0.15, 0.2) is 0 Å². The second kappa shape index (κ2) is 8.04. The van der Waals surface area contributed by atoms with E-state index in [4.69, 9.17) is 9.47 Å². The number of esters is 1. The second-order valence-electron chi connectivity index (χ2n) is 4.86. The number of carbonyl (C=O) groups excluding carboxylic acids is 3. The van der Waals surface area contributed by atoms with Crippen LogP contribution in [-0.2, 0) is 23.9 Å².